The zero-order valence-corrected chi connectivity index (χ0v) is 15.0. The summed E-state index contributed by atoms with van der Waals surface area (Å²) >= 11 is 0. The predicted molar refractivity (Wildman–Crippen MR) is 93.8 cm³/mol. The number of nitrogens with zero attached hydrogens (tertiary/aromatic N) is 1. The first-order chi connectivity index (χ1) is 11.6. The second-order valence-electron chi connectivity index (χ2n) is 6.35. The molecule has 1 aromatic rings. The van der Waals surface area contributed by atoms with Gasteiger partial charge in [0.05, 0.1) is 14.2 Å². The van der Waals surface area contributed by atoms with Gasteiger partial charge < -0.3 is 14.6 Å². The molecule has 1 saturated heterocycles. The van der Waals surface area contributed by atoms with E-state index in [0.717, 1.165) is 55.7 Å². The van der Waals surface area contributed by atoms with E-state index >= 15 is 0 Å². The maximum absolute atomic E-state index is 11.8. The fourth-order valence-electron chi connectivity index (χ4n) is 3.59. The lowest BCUT2D eigenvalue weighted by Crippen LogP contribution is -2.46. The quantitative estimate of drug-likeness (QED) is 0.781. The summed E-state index contributed by atoms with van der Waals surface area (Å²) in [7, 11) is 3.31. The number of carboxylic acids is 1. The third-order valence-electron chi connectivity index (χ3n) is 4.86. The van der Waals surface area contributed by atoms with Gasteiger partial charge in [0.15, 0.2) is 0 Å². The molecular weight excluding hydrogens is 306 g/mol. The largest absolute Gasteiger partial charge is 0.497 e. The van der Waals surface area contributed by atoms with Crippen molar-refractivity contribution in [2.24, 2.45) is 0 Å². The minimum absolute atomic E-state index is 0.0383. The normalized spacial score (nSPS) is 19.7. The average molecular weight is 335 g/mol. The van der Waals surface area contributed by atoms with Gasteiger partial charge in [-0.2, -0.15) is 0 Å². The molecule has 0 aromatic heterocycles. The molecule has 5 nitrogen and oxygen atoms in total. The van der Waals surface area contributed by atoms with Gasteiger partial charge in [0.2, 0.25) is 0 Å². The van der Waals surface area contributed by atoms with E-state index in [4.69, 9.17) is 9.47 Å². The van der Waals surface area contributed by atoms with Crippen molar-refractivity contribution in [2.75, 3.05) is 20.8 Å². The summed E-state index contributed by atoms with van der Waals surface area (Å²) in [6.07, 6.45) is 5.78. The number of rotatable bonds is 8. The summed E-state index contributed by atoms with van der Waals surface area (Å²) in [4.78, 5) is 13.9. The van der Waals surface area contributed by atoms with Crippen LogP contribution >= 0.6 is 0 Å². The Balaban J connectivity index is 2.41. The van der Waals surface area contributed by atoms with Gasteiger partial charge in [0, 0.05) is 11.6 Å². The summed E-state index contributed by atoms with van der Waals surface area (Å²) in [5, 5.41) is 9.66. The lowest BCUT2D eigenvalue weighted by atomic mass is 9.92. The Bertz CT molecular complexity index is 546. The van der Waals surface area contributed by atoms with Gasteiger partial charge in [0.25, 0.3) is 0 Å². The Morgan fingerprint density at radius 3 is 2.75 bits per heavy atom. The van der Waals surface area contributed by atoms with Crippen LogP contribution in [-0.4, -0.2) is 42.8 Å². The van der Waals surface area contributed by atoms with E-state index in [9.17, 15) is 9.90 Å². The number of ether oxygens (including phenoxy) is 2. The van der Waals surface area contributed by atoms with Crippen LogP contribution in [0.3, 0.4) is 0 Å². The number of likely N-dealkylation sites (tertiary alicyclic amines) is 1. The van der Waals surface area contributed by atoms with Crippen molar-refractivity contribution in [3.05, 3.63) is 23.8 Å². The Morgan fingerprint density at radius 1 is 1.33 bits per heavy atom. The maximum atomic E-state index is 11.8. The fraction of sp³-hybridized carbons (Fsp3) is 0.632. The van der Waals surface area contributed by atoms with E-state index in [-0.39, 0.29) is 6.04 Å². The maximum Gasteiger partial charge on any atom is 0.320 e. The van der Waals surface area contributed by atoms with Crippen LogP contribution in [0.4, 0.5) is 0 Å². The number of carbonyl (C=O) groups is 1. The molecule has 2 rings (SSSR count). The van der Waals surface area contributed by atoms with Crippen LogP contribution in [0.5, 0.6) is 11.5 Å². The first-order valence-corrected chi connectivity index (χ1v) is 8.82. The molecule has 0 saturated carbocycles. The number of carboxylic acid groups (broad SMARTS) is 1. The second-order valence-corrected chi connectivity index (χ2v) is 6.35. The molecule has 134 valence electrons. The number of methoxy groups -OCH3 is 2. The van der Waals surface area contributed by atoms with Crippen molar-refractivity contribution in [3.63, 3.8) is 0 Å². The van der Waals surface area contributed by atoms with Crippen LogP contribution in [-0.2, 0) is 4.79 Å². The summed E-state index contributed by atoms with van der Waals surface area (Å²) in [5.74, 6) is 0.848. The smallest absolute Gasteiger partial charge is 0.320 e. The van der Waals surface area contributed by atoms with Crippen molar-refractivity contribution in [1.82, 2.24) is 4.90 Å². The van der Waals surface area contributed by atoms with Crippen LogP contribution in [0.2, 0.25) is 0 Å². The highest BCUT2D eigenvalue weighted by Gasteiger charge is 2.35. The molecule has 1 fully saturated rings. The first kappa shape index (κ1) is 18.6. The highest BCUT2D eigenvalue weighted by molar-refractivity contribution is 5.73. The van der Waals surface area contributed by atoms with E-state index in [1.54, 1.807) is 14.2 Å². The molecule has 1 aliphatic rings. The Labute approximate surface area is 144 Å². The molecule has 24 heavy (non-hydrogen) atoms. The van der Waals surface area contributed by atoms with Crippen molar-refractivity contribution in [3.8, 4) is 11.5 Å². The minimum Gasteiger partial charge on any atom is -0.497 e. The van der Waals surface area contributed by atoms with Crippen molar-refractivity contribution < 1.29 is 19.4 Å². The van der Waals surface area contributed by atoms with Crippen LogP contribution < -0.4 is 9.47 Å². The minimum atomic E-state index is -0.724. The second kappa shape index (κ2) is 8.92. The Kier molecular flexibility index (Phi) is 6.91. The molecule has 0 amide bonds. The molecular formula is C19H29NO4. The van der Waals surface area contributed by atoms with Gasteiger partial charge in [-0.3, -0.25) is 9.69 Å². The third-order valence-corrected chi connectivity index (χ3v) is 4.86. The van der Waals surface area contributed by atoms with Gasteiger partial charge in [0.1, 0.15) is 17.5 Å². The lowest BCUT2D eigenvalue weighted by Gasteiger charge is -2.40. The van der Waals surface area contributed by atoms with E-state index < -0.39 is 12.0 Å². The summed E-state index contributed by atoms with van der Waals surface area (Å²) < 4.78 is 10.9. The molecule has 1 aliphatic heterocycles. The van der Waals surface area contributed by atoms with Gasteiger partial charge in [-0.15, -0.1) is 0 Å². The van der Waals surface area contributed by atoms with Crippen LogP contribution in [0, 0.1) is 0 Å². The molecule has 0 bridgehead atoms. The van der Waals surface area contributed by atoms with Crippen molar-refractivity contribution in [1.29, 1.82) is 0 Å². The molecule has 1 heterocycles. The van der Waals surface area contributed by atoms with Crippen LogP contribution in [0.15, 0.2) is 18.2 Å². The monoisotopic (exact) mass is 335 g/mol. The van der Waals surface area contributed by atoms with E-state index in [2.05, 4.69) is 11.8 Å². The van der Waals surface area contributed by atoms with E-state index in [0.29, 0.717) is 6.42 Å². The van der Waals surface area contributed by atoms with Gasteiger partial charge in [-0.25, -0.2) is 0 Å². The van der Waals surface area contributed by atoms with Crippen molar-refractivity contribution in [2.45, 2.75) is 57.5 Å². The number of hydrogen-bond acceptors (Lipinski definition) is 4. The molecule has 2 atom stereocenters. The standard InChI is InChI=1S/C19H29NO4/c1-4-5-8-16(20-12-7-6-9-17(20)19(21)22)15-13-14(23-2)10-11-18(15)24-3/h10-11,13,16-17H,4-9,12H2,1-3H3,(H,21,22). The number of unbranched alkanes of at least 4 members (excludes halogenated alkanes) is 1. The highest BCUT2D eigenvalue weighted by Crippen LogP contribution is 2.38. The van der Waals surface area contributed by atoms with Gasteiger partial charge in [-0.05, 0) is 44.0 Å². The zero-order valence-electron chi connectivity index (χ0n) is 15.0. The molecule has 1 aromatic carbocycles. The fourth-order valence-corrected chi connectivity index (χ4v) is 3.59. The number of aliphatic carboxylic acids is 1. The Morgan fingerprint density at radius 2 is 2.12 bits per heavy atom. The number of hydrogen-bond donors (Lipinski definition) is 1. The van der Waals surface area contributed by atoms with Gasteiger partial charge in [-0.1, -0.05) is 26.2 Å². The third kappa shape index (κ3) is 4.20. The number of piperidine rings is 1. The SMILES string of the molecule is CCCCC(c1cc(OC)ccc1OC)N1CCCCC1C(=O)O. The molecule has 0 radical (unpaired) electrons. The molecule has 1 N–H and O–H groups in total. The van der Waals surface area contributed by atoms with Gasteiger partial charge >= 0.3 is 5.97 Å². The van der Waals surface area contributed by atoms with Crippen molar-refractivity contribution >= 4 is 5.97 Å². The molecule has 0 aliphatic carbocycles. The first-order valence-electron chi connectivity index (χ1n) is 8.82. The van der Waals surface area contributed by atoms with E-state index in [1.807, 2.05) is 18.2 Å². The van der Waals surface area contributed by atoms with E-state index in [1.165, 1.54) is 0 Å². The predicted octanol–water partition coefficient (Wildman–Crippen LogP) is 3.87. The average Bonchev–Trinajstić information content (AvgIpc) is 2.62. The molecule has 5 heteroatoms. The highest BCUT2D eigenvalue weighted by atomic mass is 16.5. The summed E-state index contributed by atoms with van der Waals surface area (Å²) in [6.45, 7) is 2.97. The lowest BCUT2D eigenvalue weighted by molar-refractivity contribution is -0.146. The molecule has 0 spiro atoms. The Hall–Kier alpha value is -1.75. The number of benzene rings is 1. The van der Waals surface area contributed by atoms with Crippen LogP contribution in [0.1, 0.15) is 57.1 Å². The summed E-state index contributed by atoms with van der Waals surface area (Å²) in [5.41, 5.74) is 1.03. The topological polar surface area (TPSA) is 59.0 Å². The molecule has 2 unspecified atom stereocenters. The summed E-state index contributed by atoms with van der Waals surface area (Å²) in [6, 6.07) is 5.40. The zero-order chi connectivity index (χ0) is 17.5. The van der Waals surface area contributed by atoms with Crippen LogP contribution in [0.25, 0.3) is 0 Å².